The van der Waals surface area contributed by atoms with E-state index in [0.29, 0.717) is 0 Å². The van der Waals surface area contributed by atoms with Crippen molar-refractivity contribution in [2.45, 2.75) is 58.9 Å². The largest absolute Gasteiger partial charge is 0.302 e. The lowest BCUT2D eigenvalue weighted by Gasteiger charge is -2.30. The van der Waals surface area contributed by atoms with E-state index in [1.165, 1.54) is 64.8 Å². The van der Waals surface area contributed by atoms with Crippen molar-refractivity contribution >= 4 is 0 Å². The van der Waals surface area contributed by atoms with Gasteiger partial charge in [0.25, 0.3) is 0 Å². The Morgan fingerprint density at radius 3 is 2.12 bits per heavy atom. The summed E-state index contributed by atoms with van der Waals surface area (Å²) in [4.78, 5) is 5.34. The van der Waals surface area contributed by atoms with E-state index in [1.54, 1.807) is 0 Å². The van der Waals surface area contributed by atoms with Gasteiger partial charge in [0.2, 0.25) is 0 Å². The van der Waals surface area contributed by atoms with Gasteiger partial charge in [0, 0.05) is 19.1 Å². The van der Waals surface area contributed by atoms with Gasteiger partial charge < -0.3 is 4.90 Å². The van der Waals surface area contributed by atoms with Gasteiger partial charge in [-0.15, -0.1) is 0 Å². The Morgan fingerprint density at radius 1 is 0.875 bits per heavy atom. The number of nitrogens with zero attached hydrogens (tertiary/aromatic N) is 2. The van der Waals surface area contributed by atoms with Gasteiger partial charge in [-0.25, -0.2) is 0 Å². The monoisotopic (exact) mass is 226 g/mol. The molecule has 2 nitrogen and oxygen atoms in total. The number of likely N-dealkylation sites (N-methyl/N-ethyl adjacent to an activating group) is 1. The second-order valence-corrected chi connectivity index (χ2v) is 5.05. The van der Waals surface area contributed by atoms with Crippen molar-refractivity contribution in [1.29, 1.82) is 0 Å². The Kier molecular flexibility index (Phi) is 7.06. The van der Waals surface area contributed by atoms with Crippen LogP contribution >= 0.6 is 0 Å². The van der Waals surface area contributed by atoms with Crippen LogP contribution in [0.25, 0.3) is 0 Å². The number of rotatable bonds is 6. The molecular weight excluding hydrogens is 196 g/mol. The van der Waals surface area contributed by atoms with Crippen LogP contribution in [-0.2, 0) is 0 Å². The Bertz CT molecular complexity index is 164. The molecule has 0 aromatic rings. The molecule has 16 heavy (non-hydrogen) atoms. The zero-order valence-electron chi connectivity index (χ0n) is 11.5. The first-order valence-electron chi connectivity index (χ1n) is 7.28. The molecule has 0 atom stereocenters. The summed E-state index contributed by atoms with van der Waals surface area (Å²) in [5.41, 5.74) is 0. The molecule has 0 aliphatic carbocycles. The van der Waals surface area contributed by atoms with Gasteiger partial charge in [0.05, 0.1) is 0 Å². The average molecular weight is 226 g/mol. The third-order valence-electron chi connectivity index (χ3n) is 3.83. The summed E-state index contributed by atoms with van der Waals surface area (Å²) in [6.07, 6.45) is 6.80. The maximum atomic E-state index is 2.75. The van der Waals surface area contributed by atoms with Crippen molar-refractivity contribution in [1.82, 2.24) is 9.80 Å². The lowest BCUT2D eigenvalue weighted by Crippen LogP contribution is -2.38. The predicted molar refractivity (Wildman–Crippen MR) is 71.9 cm³/mol. The van der Waals surface area contributed by atoms with Crippen LogP contribution in [0.4, 0.5) is 0 Å². The van der Waals surface area contributed by atoms with Crippen LogP contribution in [0.1, 0.15) is 52.9 Å². The van der Waals surface area contributed by atoms with E-state index >= 15 is 0 Å². The second kappa shape index (κ2) is 8.08. The maximum Gasteiger partial charge on any atom is 0.0112 e. The minimum Gasteiger partial charge on any atom is -0.302 e. The van der Waals surface area contributed by atoms with Crippen LogP contribution in [0.5, 0.6) is 0 Å². The van der Waals surface area contributed by atoms with Crippen molar-refractivity contribution in [3.8, 4) is 0 Å². The highest BCUT2D eigenvalue weighted by Crippen LogP contribution is 2.15. The van der Waals surface area contributed by atoms with Gasteiger partial charge in [-0.3, -0.25) is 4.90 Å². The highest BCUT2D eigenvalue weighted by molar-refractivity contribution is 4.76. The third kappa shape index (κ3) is 4.42. The van der Waals surface area contributed by atoms with E-state index in [-0.39, 0.29) is 0 Å². The van der Waals surface area contributed by atoms with Gasteiger partial charge in [-0.2, -0.15) is 0 Å². The van der Waals surface area contributed by atoms with E-state index in [4.69, 9.17) is 0 Å². The molecule has 0 bridgehead atoms. The van der Waals surface area contributed by atoms with Gasteiger partial charge in [0.15, 0.2) is 0 Å². The quantitative estimate of drug-likeness (QED) is 0.687. The van der Waals surface area contributed by atoms with E-state index in [0.717, 1.165) is 6.04 Å². The van der Waals surface area contributed by atoms with Crippen molar-refractivity contribution in [2.75, 3.05) is 32.7 Å². The molecule has 1 fully saturated rings. The Labute approximate surface area is 102 Å². The predicted octanol–water partition coefficient (Wildman–Crippen LogP) is 2.98. The summed E-state index contributed by atoms with van der Waals surface area (Å²) in [7, 11) is 0. The molecule has 0 aromatic heterocycles. The summed E-state index contributed by atoms with van der Waals surface area (Å²) in [5, 5.41) is 0. The Hall–Kier alpha value is -0.0800. The Balaban J connectivity index is 2.43. The van der Waals surface area contributed by atoms with E-state index in [9.17, 15) is 0 Å². The molecule has 0 radical (unpaired) electrons. The maximum absolute atomic E-state index is 2.75. The first-order chi connectivity index (χ1) is 7.81. The van der Waals surface area contributed by atoms with Gasteiger partial charge in [-0.1, -0.05) is 33.6 Å². The van der Waals surface area contributed by atoms with Crippen molar-refractivity contribution in [3.05, 3.63) is 0 Å². The highest BCUT2D eigenvalue weighted by Gasteiger charge is 2.20. The number of hydrogen-bond donors (Lipinski definition) is 0. The van der Waals surface area contributed by atoms with Crippen LogP contribution in [0, 0.1) is 0 Å². The first kappa shape index (κ1) is 14.0. The van der Waals surface area contributed by atoms with Gasteiger partial charge in [-0.05, 0) is 38.9 Å². The molecule has 0 N–H and O–H groups in total. The molecule has 1 aliphatic rings. The van der Waals surface area contributed by atoms with Crippen LogP contribution in [0.15, 0.2) is 0 Å². The van der Waals surface area contributed by atoms with Crippen LogP contribution < -0.4 is 0 Å². The fourth-order valence-corrected chi connectivity index (χ4v) is 2.85. The molecule has 96 valence electrons. The molecular formula is C14H30N2. The summed E-state index contributed by atoms with van der Waals surface area (Å²) >= 11 is 0. The fourth-order valence-electron chi connectivity index (χ4n) is 2.85. The molecule has 1 aliphatic heterocycles. The molecule has 1 rings (SSSR count). The standard InChI is InChI=1S/C14H30N2/c1-4-8-14(9-5-2)16-11-7-10-15(6-3)12-13-16/h14H,4-13H2,1-3H3. The summed E-state index contributed by atoms with van der Waals surface area (Å²) < 4.78 is 0. The molecule has 0 unspecified atom stereocenters. The first-order valence-corrected chi connectivity index (χ1v) is 7.28. The topological polar surface area (TPSA) is 6.48 Å². The summed E-state index contributed by atoms with van der Waals surface area (Å²) in [5.74, 6) is 0. The van der Waals surface area contributed by atoms with E-state index < -0.39 is 0 Å². The van der Waals surface area contributed by atoms with Crippen LogP contribution in [0.2, 0.25) is 0 Å². The van der Waals surface area contributed by atoms with E-state index in [2.05, 4.69) is 30.6 Å². The molecule has 2 heteroatoms. The van der Waals surface area contributed by atoms with Crippen molar-refractivity contribution in [2.24, 2.45) is 0 Å². The highest BCUT2D eigenvalue weighted by atomic mass is 15.2. The molecule has 1 heterocycles. The van der Waals surface area contributed by atoms with Crippen molar-refractivity contribution in [3.63, 3.8) is 0 Å². The fraction of sp³-hybridized carbons (Fsp3) is 1.00. The zero-order chi connectivity index (χ0) is 11.8. The zero-order valence-corrected chi connectivity index (χ0v) is 11.5. The molecule has 0 spiro atoms. The molecule has 1 saturated heterocycles. The van der Waals surface area contributed by atoms with Gasteiger partial charge >= 0.3 is 0 Å². The van der Waals surface area contributed by atoms with Gasteiger partial charge in [0.1, 0.15) is 0 Å². The van der Waals surface area contributed by atoms with E-state index in [1.807, 2.05) is 0 Å². The minimum absolute atomic E-state index is 0.854. The summed E-state index contributed by atoms with van der Waals surface area (Å²) in [6.45, 7) is 13.3. The summed E-state index contributed by atoms with van der Waals surface area (Å²) in [6, 6.07) is 0.854. The number of hydrogen-bond acceptors (Lipinski definition) is 2. The van der Waals surface area contributed by atoms with Crippen LogP contribution in [-0.4, -0.2) is 48.6 Å². The minimum atomic E-state index is 0.854. The normalized spacial score (nSPS) is 20.2. The SMILES string of the molecule is CCCC(CCC)N1CCCN(CC)CC1. The Morgan fingerprint density at radius 2 is 1.56 bits per heavy atom. The molecule has 0 saturated carbocycles. The third-order valence-corrected chi connectivity index (χ3v) is 3.83. The average Bonchev–Trinajstić information content (AvgIpc) is 2.53. The van der Waals surface area contributed by atoms with Crippen molar-refractivity contribution < 1.29 is 0 Å². The molecule has 0 aromatic carbocycles. The second-order valence-electron chi connectivity index (χ2n) is 5.05. The lowest BCUT2D eigenvalue weighted by molar-refractivity contribution is 0.178. The lowest BCUT2D eigenvalue weighted by atomic mass is 10.0. The van der Waals surface area contributed by atoms with Crippen LogP contribution in [0.3, 0.4) is 0 Å². The smallest absolute Gasteiger partial charge is 0.0112 e. The molecule has 0 amide bonds.